The van der Waals surface area contributed by atoms with E-state index in [2.05, 4.69) is 15.0 Å². The molecule has 6 nitrogen and oxygen atoms in total. The predicted molar refractivity (Wildman–Crippen MR) is 104 cm³/mol. The highest BCUT2D eigenvalue weighted by molar-refractivity contribution is 6.32. The molecule has 1 aromatic carbocycles. The summed E-state index contributed by atoms with van der Waals surface area (Å²) in [5.41, 5.74) is 3.66. The van der Waals surface area contributed by atoms with Gasteiger partial charge in [0.15, 0.2) is 0 Å². The number of aryl methyl sites for hydroxylation is 1. The SMILES string of the molecule is Cc1[nH]c(=O)c(C(=O)N2CCc3nc(-c4ccccc4)[nH]c3C2)c(C)c1Cl. The Labute approximate surface area is 161 Å². The minimum absolute atomic E-state index is 0.108. The van der Waals surface area contributed by atoms with Crippen LogP contribution in [0, 0.1) is 13.8 Å². The molecular formula is C20H19ClN4O2. The molecule has 0 radical (unpaired) electrons. The van der Waals surface area contributed by atoms with E-state index < -0.39 is 5.56 Å². The first-order valence-corrected chi connectivity index (χ1v) is 9.15. The van der Waals surface area contributed by atoms with Gasteiger partial charge in [-0.2, -0.15) is 0 Å². The van der Waals surface area contributed by atoms with E-state index in [4.69, 9.17) is 11.6 Å². The summed E-state index contributed by atoms with van der Waals surface area (Å²) < 4.78 is 0. The van der Waals surface area contributed by atoms with E-state index in [1.165, 1.54) is 0 Å². The van der Waals surface area contributed by atoms with Crippen LogP contribution in [0.5, 0.6) is 0 Å². The van der Waals surface area contributed by atoms with E-state index in [1.807, 2.05) is 30.3 Å². The van der Waals surface area contributed by atoms with Crippen LogP contribution < -0.4 is 5.56 Å². The van der Waals surface area contributed by atoms with E-state index >= 15 is 0 Å². The number of carbonyl (C=O) groups excluding carboxylic acids is 1. The van der Waals surface area contributed by atoms with Gasteiger partial charge in [0.05, 0.1) is 23.0 Å². The Kier molecular flexibility index (Phi) is 4.36. The van der Waals surface area contributed by atoms with Crippen molar-refractivity contribution < 1.29 is 4.79 Å². The van der Waals surface area contributed by atoms with Gasteiger partial charge in [-0.1, -0.05) is 41.9 Å². The van der Waals surface area contributed by atoms with Gasteiger partial charge in [-0.25, -0.2) is 4.98 Å². The third kappa shape index (κ3) is 3.06. The lowest BCUT2D eigenvalue weighted by Crippen LogP contribution is -2.39. The maximum absolute atomic E-state index is 13.0. The molecule has 0 atom stereocenters. The Morgan fingerprint density at radius 1 is 1.19 bits per heavy atom. The summed E-state index contributed by atoms with van der Waals surface area (Å²) >= 11 is 6.23. The number of hydrogen-bond acceptors (Lipinski definition) is 3. The van der Waals surface area contributed by atoms with Crippen LogP contribution in [0.1, 0.15) is 33.0 Å². The van der Waals surface area contributed by atoms with Gasteiger partial charge in [0.25, 0.3) is 11.5 Å². The molecule has 2 aromatic heterocycles. The fourth-order valence-corrected chi connectivity index (χ4v) is 3.61. The second-order valence-electron chi connectivity index (χ2n) is 6.75. The van der Waals surface area contributed by atoms with Crippen molar-refractivity contribution in [3.8, 4) is 11.4 Å². The van der Waals surface area contributed by atoms with Gasteiger partial charge < -0.3 is 14.9 Å². The number of aromatic nitrogens is 3. The number of halogens is 1. The van der Waals surface area contributed by atoms with Gasteiger partial charge in [0, 0.05) is 24.2 Å². The number of pyridine rings is 1. The lowest BCUT2D eigenvalue weighted by Gasteiger charge is -2.26. The summed E-state index contributed by atoms with van der Waals surface area (Å²) in [4.78, 5) is 37.7. The maximum atomic E-state index is 13.0. The van der Waals surface area contributed by atoms with Crippen molar-refractivity contribution in [1.82, 2.24) is 19.9 Å². The number of rotatable bonds is 2. The zero-order chi connectivity index (χ0) is 19.1. The topological polar surface area (TPSA) is 81.8 Å². The molecule has 0 unspecified atom stereocenters. The van der Waals surface area contributed by atoms with E-state index in [0.717, 1.165) is 22.8 Å². The molecule has 4 rings (SSSR count). The molecule has 3 heterocycles. The Bertz CT molecular complexity index is 1090. The number of amides is 1. The molecule has 1 aliphatic rings. The Balaban J connectivity index is 1.64. The third-order valence-electron chi connectivity index (χ3n) is 4.94. The van der Waals surface area contributed by atoms with Gasteiger partial charge in [-0.05, 0) is 19.4 Å². The average Bonchev–Trinajstić information content (AvgIpc) is 3.10. The largest absolute Gasteiger partial charge is 0.340 e. The van der Waals surface area contributed by atoms with Crippen LogP contribution >= 0.6 is 11.6 Å². The van der Waals surface area contributed by atoms with Crippen molar-refractivity contribution in [2.45, 2.75) is 26.8 Å². The molecule has 0 aliphatic carbocycles. The molecule has 0 fully saturated rings. The fourth-order valence-electron chi connectivity index (χ4n) is 3.46. The quantitative estimate of drug-likeness (QED) is 0.713. The lowest BCUT2D eigenvalue weighted by molar-refractivity contribution is 0.0729. The van der Waals surface area contributed by atoms with Crippen molar-refractivity contribution in [2.24, 2.45) is 0 Å². The summed E-state index contributed by atoms with van der Waals surface area (Å²) in [7, 11) is 0. The van der Waals surface area contributed by atoms with Crippen LogP contribution in [0.3, 0.4) is 0 Å². The normalized spacial score (nSPS) is 13.5. The van der Waals surface area contributed by atoms with Gasteiger partial charge >= 0.3 is 0 Å². The maximum Gasteiger partial charge on any atom is 0.261 e. The average molecular weight is 383 g/mol. The van der Waals surface area contributed by atoms with Crippen molar-refractivity contribution >= 4 is 17.5 Å². The summed E-state index contributed by atoms with van der Waals surface area (Å²) in [5.74, 6) is 0.486. The van der Waals surface area contributed by atoms with Gasteiger partial charge in [-0.15, -0.1) is 0 Å². The van der Waals surface area contributed by atoms with E-state index in [1.54, 1.807) is 18.7 Å². The number of nitrogens with zero attached hydrogens (tertiary/aromatic N) is 2. The van der Waals surface area contributed by atoms with Crippen molar-refractivity contribution in [3.63, 3.8) is 0 Å². The van der Waals surface area contributed by atoms with Crippen molar-refractivity contribution in [2.75, 3.05) is 6.54 Å². The Morgan fingerprint density at radius 2 is 1.93 bits per heavy atom. The van der Waals surface area contributed by atoms with Crippen LogP contribution in [0.4, 0.5) is 0 Å². The fraction of sp³-hybridized carbons (Fsp3) is 0.250. The van der Waals surface area contributed by atoms with Gasteiger partial charge in [0.1, 0.15) is 11.4 Å². The standard InChI is InChI=1S/C20H19ClN4O2/c1-11-16(19(26)22-12(2)17(11)21)20(27)25-9-8-14-15(10-25)24-18(23-14)13-6-4-3-5-7-13/h3-7H,8-10H2,1-2H3,(H,22,26)(H,23,24). The zero-order valence-electron chi connectivity index (χ0n) is 15.1. The van der Waals surface area contributed by atoms with E-state index in [-0.39, 0.29) is 11.5 Å². The van der Waals surface area contributed by atoms with Crippen LogP contribution in [0.25, 0.3) is 11.4 Å². The molecule has 0 saturated carbocycles. The number of aromatic amines is 2. The summed E-state index contributed by atoms with van der Waals surface area (Å²) in [6.45, 7) is 4.32. The van der Waals surface area contributed by atoms with Crippen LogP contribution in [0.15, 0.2) is 35.1 Å². The number of benzene rings is 1. The molecule has 1 aliphatic heterocycles. The molecule has 138 valence electrons. The number of hydrogen-bond donors (Lipinski definition) is 2. The molecule has 0 bridgehead atoms. The monoisotopic (exact) mass is 382 g/mol. The second-order valence-corrected chi connectivity index (χ2v) is 7.12. The summed E-state index contributed by atoms with van der Waals surface area (Å²) in [6, 6.07) is 9.86. The summed E-state index contributed by atoms with van der Waals surface area (Å²) in [6.07, 6.45) is 0.640. The van der Waals surface area contributed by atoms with Crippen molar-refractivity contribution in [1.29, 1.82) is 0 Å². The highest BCUT2D eigenvalue weighted by atomic mass is 35.5. The molecule has 0 spiro atoms. The highest BCUT2D eigenvalue weighted by Crippen LogP contribution is 2.25. The molecular weight excluding hydrogens is 364 g/mol. The molecule has 27 heavy (non-hydrogen) atoms. The first-order chi connectivity index (χ1) is 13.0. The Hall–Kier alpha value is -2.86. The smallest absolute Gasteiger partial charge is 0.261 e. The van der Waals surface area contributed by atoms with E-state index in [9.17, 15) is 9.59 Å². The van der Waals surface area contributed by atoms with E-state index in [0.29, 0.717) is 35.8 Å². The number of H-pyrrole nitrogens is 2. The first-order valence-electron chi connectivity index (χ1n) is 8.77. The number of nitrogens with one attached hydrogen (secondary N) is 2. The van der Waals surface area contributed by atoms with Crippen LogP contribution in [-0.2, 0) is 13.0 Å². The molecule has 3 aromatic rings. The number of imidazole rings is 1. The molecule has 2 N–H and O–H groups in total. The van der Waals surface area contributed by atoms with Crippen molar-refractivity contribution in [3.05, 3.63) is 73.9 Å². The zero-order valence-corrected chi connectivity index (χ0v) is 15.9. The molecule has 1 amide bonds. The van der Waals surface area contributed by atoms with Gasteiger partial charge in [-0.3, -0.25) is 9.59 Å². The number of carbonyl (C=O) groups is 1. The second kappa shape index (κ2) is 6.70. The van der Waals surface area contributed by atoms with Gasteiger partial charge in [0.2, 0.25) is 0 Å². The van der Waals surface area contributed by atoms with Crippen LogP contribution in [0.2, 0.25) is 5.02 Å². The minimum atomic E-state index is -0.403. The first kappa shape index (κ1) is 17.5. The lowest BCUT2D eigenvalue weighted by atomic mass is 10.1. The highest BCUT2D eigenvalue weighted by Gasteiger charge is 2.28. The van der Waals surface area contributed by atoms with Crippen LogP contribution in [-0.4, -0.2) is 32.3 Å². The predicted octanol–water partition coefficient (Wildman–Crippen LogP) is 3.23. The minimum Gasteiger partial charge on any atom is -0.340 e. The Morgan fingerprint density at radius 3 is 2.67 bits per heavy atom. The molecule has 7 heteroatoms. The molecule has 0 saturated heterocycles. The summed E-state index contributed by atoms with van der Waals surface area (Å²) in [5, 5.41) is 0.420. The third-order valence-corrected chi connectivity index (χ3v) is 5.51. The number of fused-ring (bicyclic) bond motifs is 1.